The van der Waals surface area contributed by atoms with Gasteiger partial charge in [-0.3, -0.25) is 9.78 Å². The molecular weight excluding hydrogens is 507 g/mol. The SMILES string of the molecule is Cn1c(-c2cccc(C#N)c2)nc2c(N3CCC(NC(=O)c4ccc(-c5cccc(F)c5)nc4)CC3)ncnc21. The van der Waals surface area contributed by atoms with Gasteiger partial charge in [0.1, 0.15) is 18.0 Å². The Morgan fingerprint density at radius 2 is 1.82 bits per heavy atom. The lowest BCUT2D eigenvalue weighted by Gasteiger charge is -2.33. The van der Waals surface area contributed by atoms with Crippen molar-refractivity contribution < 1.29 is 9.18 Å². The minimum absolute atomic E-state index is 0.0111. The van der Waals surface area contributed by atoms with Crippen LogP contribution >= 0.6 is 0 Å². The molecule has 198 valence electrons. The van der Waals surface area contributed by atoms with E-state index in [0.717, 1.165) is 24.2 Å². The first-order valence-electron chi connectivity index (χ1n) is 13.0. The molecule has 0 aliphatic carbocycles. The van der Waals surface area contributed by atoms with Crippen molar-refractivity contribution >= 4 is 22.9 Å². The molecule has 6 rings (SSSR count). The lowest BCUT2D eigenvalue weighted by molar-refractivity contribution is 0.0930. The van der Waals surface area contributed by atoms with Crippen LogP contribution < -0.4 is 10.2 Å². The smallest absolute Gasteiger partial charge is 0.253 e. The molecule has 0 atom stereocenters. The highest BCUT2D eigenvalue weighted by Crippen LogP contribution is 2.29. The Labute approximate surface area is 230 Å². The summed E-state index contributed by atoms with van der Waals surface area (Å²) in [7, 11) is 1.90. The van der Waals surface area contributed by atoms with E-state index < -0.39 is 0 Å². The number of carbonyl (C=O) groups excluding carboxylic acids is 1. The maximum absolute atomic E-state index is 13.5. The molecule has 2 aromatic carbocycles. The van der Waals surface area contributed by atoms with Crippen molar-refractivity contribution in [3.8, 4) is 28.7 Å². The number of hydrogen-bond acceptors (Lipinski definition) is 7. The summed E-state index contributed by atoms with van der Waals surface area (Å²) in [6.07, 6.45) is 4.56. The van der Waals surface area contributed by atoms with Crippen molar-refractivity contribution in [2.75, 3.05) is 18.0 Å². The molecule has 9 nitrogen and oxygen atoms in total. The third-order valence-corrected chi connectivity index (χ3v) is 7.16. The van der Waals surface area contributed by atoms with E-state index in [0.29, 0.717) is 52.5 Å². The molecule has 1 fully saturated rings. The fourth-order valence-electron chi connectivity index (χ4n) is 5.06. The van der Waals surface area contributed by atoms with Gasteiger partial charge in [0, 0.05) is 43.5 Å². The quantitative estimate of drug-likeness (QED) is 0.355. The lowest BCUT2D eigenvalue weighted by atomic mass is 10.0. The molecular formula is C30H25FN8O. The molecule has 1 saturated heterocycles. The molecule has 40 heavy (non-hydrogen) atoms. The van der Waals surface area contributed by atoms with Crippen molar-refractivity contribution in [3.05, 3.63) is 90.1 Å². The van der Waals surface area contributed by atoms with Crippen molar-refractivity contribution in [2.24, 2.45) is 7.05 Å². The summed E-state index contributed by atoms with van der Waals surface area (Å²) in [6, 6.07) is 19.2. The average Bonchev–Trinajstić information content (AvgIpc) is 3.34. The number of imidazole rings is 1. The Morgan fingerprint density at radius 1 is 1.02 bits per heavy atom. The number of rotatable bonds is 5. The molecule has 5 aromatic rings. The fourth-order valence-corrected chi connectivity index (χ4v) is 5.06. The number of amides is 1. The molecule has 0 bridgehead atoms. The predicted octanol–water partition coefficient (Wildman–Crippen LogP) is 4.50. The first-order valence-corrected chi connectivity index (χ1v) is 13.0. The maximum Gasteiger partial charge on any atom is 0.253 e. The number of nitrogens with zero attached hydrogens (tertiary/aromatic N) is 7. The average molecular weight is 533 g/mol. The van der Waals surface area contributed by atoms with E-state index in [4.69, 9.17) is 4.98 Å². The second kappa shape index (κ2) is 10.5. The van der Waals surface area contributed by atoms with Crippen LogP contribution in [0.1, 0.15) is 28.8 Å². The molecule has 1 aliphatic heterocycles. The van der Waals surface area contributed by atoms with Crippen LogP contribution in [0.3, 0.4) is 0 Å². The monoisotopic (exact) mass is 532 g/mol. The number of halogens is 1. The number of nitriles is 1. The zero-order chi connectivity index (χ0) is 27.6. The third-order valence-electron chi connectivity index (χ3n) is 7.16. The van der Waals surface area contributed by atoms with Gasteiger partial charge in [0.25, 0.3) is 5.91 Å². The highest BCUT2D eigenvalue weighted by molar-refractivity contribution is 5.94. The Kier molecular flexibility index (Phi) is 6.62. The van der Waals surface area contributed by atoms with Crippen LogP contribution in [0.4, 0.5) is 10.2 Å². The van der Waals surface area contributed by atoms with Gasteiger partial charge in [-0.25, -0.2) is 19.3 Å². The summed E-state index contributed by atoms with van der Waals surface area (Å²) in [5, 5.41) is 12.4. The molecule has 10 heteroatoms. The number of aryl methyl sites for hydroxylation is 1. The Morgan fingerprint density at radius 3 is 2.58 bits per heavy atom. The molecule has 0 radical (unpaired) electrons. The second-order valence-corrected chi connectivity index (χ2v) is 9.73. The minimum atomic E-state index is -0.330. The van der Waals surface area contributed by atoms with Gasteiger partial charge in [-0.05, 0) is 49.2 Å². The van der Waals surface area contributed by atoms with E-state index in [9.17, 15) is 14.4 Å². The molecule has 0 saturated carbocycles. The predicted molar refractivity (Wildman–Crippen MR) is 149 cm³/mol. The number of aromatic nitrogens is 5. The zero-order valence-corrected chi connectivity index (χ0v) is 21.8. The van der Waals surface area contributed by atoms with Crippen LogP contribution in [0.5, 0.6) is 0 Å². The summed E-state index contributed by atoms with van der Waals surface area (Å²) in [6.45, 7) is 1.40. The molecule has 1 aliphatic rings. The molecule has 0 spiro atoms. The summed E-state index contributed by atoms with van der Waals surface area (Å²) >= 11 is 0. The van der Waals surface area contributed by atoms with Crippen molar-refractivity contribution in [2.45, 2.75) is 18.9 Å². The van der Waals surface area contributed by atoms with E-state index >= 15 is 0 Å². The Bertz CT molecular complexity index is 1750. The van der Waals surface area contributed by atoms with E-state index in [1.54, 1.807) is 36.7 Å². The number of piperidine rings is 1. The van der Waals surface area contributed by atoms with Crippen LogP contribution in [0, 0.1) is 17.1 Å². The summed E-state index contributed by atoms with van der Waals surface area (Å²) in [4.78, 5) is 33.3. The number of anilines is 1. The molecule has 0 unspecified atom stereocenters. The van der Waals surface area contributed by atoms with Gasteiger partial charge in [-0.2, -0.15) is 5.26 Å². The van der Waals surface area contributed by atoms with Gasteiger partial charge in [0.2, 0.25) is 0 Å². The zero-order valence-electron chi connectivity index (χ0n) is 21.8. The molecule has 1 N–H and O–H groups in total. The second-order valence-electron chi connectivity index (χ2n) is 9.73. The highest BCUT2D eigenvalue weighted by Gasteiger charge is 2.25. The molecule has 1 amide bonds. The highest BCUT2D eigenvalue weighted by atomic mass is 19.1. The Hall–Kier alpha value is -5.17. The fraction of sp³-hybridized carbons (Fsp3) is 0.200. The van der Waals surface area contributed by atoms with E-state index in [2.05, 4.69) is 31.2 Å². The van der Waals surface area contributed by atoms with Crippen molar-refractivity contribution in [3.63, 3.8) is 0 Å². The number of pyridine rings is 1. The summed E-state index contributed by atoms with van der Waals surface area (Å²) in [5.74, 6) is 0.956. The van der Waals surface area contributed by atoms with Crippen LogP contribution in [0.25, 0.3) is 33.8 Å². The molecule has 3 aromatic heterocycles. The summed E-state index contributed by atoms with van der Waals surface area (Å²) in [5.41, 5.74) is 4.55. The van der Waals surface area contributed by atoms with Gasteiger partial charge in [-0.1, -0.05) is 24.3 Å². The van der Waals surface area contributed by atoms with E-state index in [-0.39, 0.29) is 17.8 Å². The minimum Gasteiger partial charge on any atom is -0.355 e. The molecule has 4 heterocycles. The van der Waals surface area contributed by atoms with E-state index in [1.165, 1.54) is 18.3 Å². The number of fused-ring (bicyclic) bond motifs is 1. The van der Waals surface area contributed by atoms with Crippen LogP contribution in [0.2, 0.25) is 0 Å². The maximum atomic E-state index is 13.5. The van der Waals surface area contributed by atoms with Gasteiger partial charge in [0.05, 0.1) is 22.9 Å². The van der Waals surface area contributed by atoms with Gasteiger partial charge in [0.15, 0.2) is 17.0 Å². The van der Waals surface area contributed by atoms with Gasteiger partial charge in [-0.15, -0.1) is 0 Å². The van der Waals surface area contributed by atoms with Gasteiger partial charge < -0.3 is 14.8 Å². The third kappa shape index (κ3) is 4.85. The van der Waals surface area contributed by atoms with Crippen LogP contribution in [-0.2, 0) is 7.05 Å². The topological polar surface area (TPSA) is 113 Å². The van der Waals surface area contributed by atoms with E-state index in [1.807, 2.05) is 29.8 Å². The first kappa shape index (κ1) is 25.1. The number of benzene rings is 2. The van der Waals surface area contributed by atoms with Crippen LogP contribution in [0.15, 0.2) is 73.2 Å². The largest absolute Gasteiger partial charge is 0.355 e. The summed E-state index contributed by atoms with van der Waals surface area (Å²) < 4.78 is 15.4. The van der Waals surface area contributed by atoms with Crippen molar-refractivity contribution in [1.82, 2.24) is 29.8 Å². The van der Waals surface area contributed by atoms with Crippen molar-refractivity contribution in [1.29, 1.82) is 5.26 Å². The van der Waals surface area contributed by atoms with Crippen LogP contribution in [-0.4, -0.2) is 49.5 Å². The Balaban J connectivity index is 1.13. The number of hydrogen-bond donors (Lipinski definition) is 1. The lowest BCUT2D eigenvalue weighted by Crippen LogP contribution is -2.45. The standard InChI is InChI=1S/C30H25FN8O/c1-38-27(21-6-2-4-19(14-21)16-32)37-26-28(38)34-18-35-29(26)39-12-10-24(11-13-39)36-30(40)22-8-9-25(33-17-22)20-5-3-7-23(31)15-20/h2-9,14-15,17-18,24H,10-13H2,1H3,(H,36,40). The normalized spacial score (nSPS) is 13.8. The number of carbonyl (C=O) groups is 1. The number of nitrogens with one attached hydrogen (secondary N) is 1. The first-order chi connectivity index (χ1) is 19.5. The van der Waals surface area contributed by atoms with Gasteiger partial charge >= 0.3 is 0 Å².